The largest absolute Gasteiger partial charge is 0.353 e. The smallest absolute Gasteiger partial charge is 0.266 e. The Hall–Kier alpha value is -3.59. The molecule has 0 spiro atoms. The summed E-state index contributed by atoms with van der Waals surface area (Å²) in [4.78, 5) is 32.8. The molecule has 9 heteroatoms. The van der Waals surface area contributed by atoms with Gasteiger partial charge in [-0.15, -0.1) is 11.3 Å². The molecule has 1 aliphatic rings. The van der Waals surface area contributed by atoms with Gasteiger partial charge in [0.2, 0.25) is 0 Å². The van der Waals surface area contributed by atoms with Crippen LogP contribution in [0.4, 0.5) is 21.7 Å². The number of piperazine rings is 1. The topological polar surface area (TPSA) is 74.2 Å². The van der Waals surface area contributed by atoms with Crippen LogP contribution in [0.15, 0.2) is 42.6 Å². The highest BCUT2D eigenvalue weighted by molar-refractivity contribution is 7.20. The van der Waals surface area contributed by atoms with Gasteiger partial charge < -0.3 is 15.1 Å². The first-order valence-electron chi connectivity index (χ1n) is 11.2. The van der Waals surface area contributed by atoms with E-state index in [2.05, 4.69) is 25.1 Å². The van der Waals surface area contributed by atoms with Gasteiger partial charge in [0.1, 0.15) is 28.1 Å². The summed E-state index contributed by atoms with van der Waals surface area (Å²) in [7, 11) is 0. The number of thiophene rings is 1. The predicted octanol–water partition coefficient (Wildman–Crippen LogP) is 4.73. The summed E-state index contributed by atoms with van der Waals surface area (Å²) >= 11 is 1.34. The van der Waals surface area contributed by atoms with E-state index in [1.54, 1.807) is 19.1 Å². The zero-order valence-corrected chi connectivity index (χ0v) is 20.1. The van der Waals surface area contributed by atoms with Gasteiger partial charge in [0.05, 0.1) is 10.3 Å². The normalized spacial score (nSPS) is 14.0. The third-order valence-electron chi connectivity index (χ3n) is 6.07. The molecule has 0 aliphatic carbocycles. The lowest BCUT2D eigenvalue weighted by atomic mass is 10.1. The number of pyridine rings is 1. The van der Waals surface area contributed by atoms with Crippen molar-refractivity contribution in [3.63, 3.8) is 0 Å². The fourth-order valence-corrected chi connectivity index (χ4v) is 5.33. The number of aryl methyl sites for hydroxylation is 3. The molecule has 1 saturated heterocycles. The van der Waals surface area contributed by atoms with Crippen LogP contribution in [0, 0.1) is 26.6 Å². The molecule has 1 fully saturated rings. The lowest BCUT2D eigenvalue weighted by molar-refractivity contribution is 0.103. The van der Waals surface area contributed by atoms with Gasteiger partial charge in [-0.05, 0) is 56.2 Å². The van der Waals surface area contributed by atoms with E-state index in [1.165, 1.54) is 17.4 Å². The number of fused-ring (bicyclic) bond motifs is 1. The molecule has 0 saturated carbocycles. The number of carbonyl (C=O) groups excluding carboxylic acids is 1. The number of nitrogens with zero attached hydrogens (tertiary/aromatic N) is 5. The lowest BCUT2D eigenvalue weighted by Gasteiger charge is -2.36. The summed E-state index contributed by atoms with van der Waals surface area (Å²) in [6.45, 7) is 8.74. The lowest BCUT2D eigenvalue weighted by Crippen LogP contribution is -2.47. The Bertz CT molecular complexity index is 1370. The van der Waals surface area contributed by atoms with Crippen LogP contribution in [0.3, 0.4) is 0 Å². The molecule has 3 aromatic heterocycles. The fraction of sp³-hybridized carbons (Fsp3) is 0.280. The molecule has 34 heavy (non-hydrogen) atoms. The summed E-state index contributed by atoms with van der Waals surface area (Å²) in [6, 6.07) is 10.6. The fourth-order valence-electron chi connectivity index (χ4n) is 4.21. The van der Waals surface area contributed by atoms with Crippen molar-refractivity contribution in [2.45, 2.75) is 20.8 Å². The van der Waals surface area contributed by atoms with Gasteiger partial charge in [-0.3, -0.25) is 4.79 Å². The van der Waals surface area contributed by atoms with Gasteiger partial charge in [-0.1, -0.05) is 12.1 Å². The molecule has 4 aromatic rings. The molecular weight excluding hydrogens is 451 g/mol. The highest BCUT2D eigenvalue weighted by Gasteiger charge is 2.25. The summed E-state index contributed by atoms with van der Waals surface area (Å²) in [5.41, 5.74) is 1.81. The van der Waals surface area contributed by atoms with Crippen LogP contribution >= 0.6 is 11.3 Å². The van der Waals surface area contributed by atoms with E-state index in [9.17, 15) is 9.18 Å². The van der Waals surface area contributed by atoms with E-state index in [0.717, 1.165) is 53.6 Å². The molecule has 0 unspecified atom stereocenters. The average Bonchev–Trinajstić information content (AvgIpc) is 3.18. The average molecular weight is 477 g/mol. The zero-order chi connectivity index (χ0) is 23.8. The number of aromatic nitrogens is 3. The molecular formula is C25H25FN6OS. The molecule has 1 aromatic carbocycles. The molecule has 1 aliphatic heterocycles. The first-order valence-corrected chi connectivity index (χ1v) is 12.0. The van der Waals surface area contributed by atoms with Crippen molar-refractivity contribution in [1.29, 1.82) is 0 Å². The third-order valence-corrected chi connectivity index (χ3v) is 7.26. The maximum absolute atomic E-state index is 13.9. The van der Waals surface area contributed by atoms with Gasteiger partial charge >= 0.3 is 0 Å². The number of amides is 1. The van der Waals surface area contributed by atoms with E-state index < -0.39 is 0 Å². The van der Waals surface area contributed by atoms with Crippen LogP contribution in [0.25, 0.3) is 10.2 Å². The molecule has 0 radical (unpaired) electrons. The van der Waals surface area contributed by atoms with Crippen molar-refractivity contribution in [2.75, 3.05) is 41.3 Å². The number of anilines is 3. The first kappa shape index (κ1) is 22.2. The quantitative estimate of drug-likeness (QED) is 0.459. The van der Waals surface area contributed by atoms with Crippen molar-refractivity contribution < 1.29 is 9.18 Å². The number of hydrogen-bond acceptors (Lipinski definition) is 7. The number of carbonyl (C=O) groups is 1. The Labute approximate surface area is 201 Å². The van der Waals surface area contributed by atoms with Crippen molar-refractivity contribution in [3.05, 3.63) is 70.2 Å². The summed E-state index contributed by atoms with van der Waals surface area (Å²) < 4.78 is 13.9. The standard InChI is InChI=1S/C25H25FN6OS/c1-15-7-8-18(14-19(15)26)30-24(33)22-16(2)21-23(28-17(3)29-25(21)34-22)32-12-10-31(11-13-32)20-6-4-5-9-27-20/h4-9,14H,10-13H2,1-3H3,(H,30,33). The Morgan fingerprint density at radius 1 is 1.03 bits per heavy atom. The molecule has 0 atom stereocenters. The van der Waals surface area contributed by atoms with E-state index in [1.807, 2.05) is 38.2 Å². The maximum Gasteiger partial charge on any atom is 0.266 e. The summed E-state index contributed by atoms with van der Waals surface area (Å²) in [5.74, 6) is 1.89. The van der Waals surface area contributed by atoms with Gasteiger partial charge in [-0.25, -0.2) is 19.3 Å². The summed E-state index contributed by atoms with van der Waals surface area (Å²) in [6.07, 6.45) is 1.81. The van der Waals surface area contributed by atoms with Gasteiger partial charge in [0, 0.05) is 38.1 Å². The van der Waals surface area contributed by atoms with Crippen LogP contribution in [0.1, 0.15) is 26.6 Å². The minimum atomic E-state index is -0.348. The van der Waals surface area contributed by atoms with Crippen LogP contribution in [0.2, 0.25) is 0 Å². The number of rotatable bonds is 4. The van der Waals surface area contributed by atoms with E-state index in [-0.39, 0.29) is 11.7 Å². The number of nitrogens with one attached hydrogen (secondary N) is 1. The van der Waals surface area contributed by atoms with Crippen molar-refractivity contribution in [2.24, 2.45) is 0 Å². The molecule has 1 amide bonds. The Morgan fingerprint density at radius 2 is 1.79 bits per heavy atom. The predicted molar refractivity (Wildman–Crippen MR) is 135 cm³/mol. The molecule has 7 nitrogen and oxygen atoms in total. The Morgan fingerprint density at radius 3 is 2.50 bits per heavy atom. The maximum atomic E-state index is 13.9. The summed E-state index contributed by atoms with van der Waals surface area (Å²) in [5, 5.41) is 3.73. The highest BCUT2D eigenvalue weighted by Crippen LogP contribution is 2.36. The third kappa shape index (κ3) is 4.19. The molecule has 5 rings (SSSR count). The van der Waals surface area contributed by atoms with E-state index >= 15 is 0 Å². The monoisotopic (exact) mass is 476 g/mol. The van der Waals surface area contributed by atoms with Gasteiger partial charge in [-0.2, -0.15) is 0 Å². The minimum absolute atomic E-state index is 0.271. The van der Waals surface area contributed by atoms with Crippen LogP contribution in [-0.2, 0) is 0 Å². The first-order chi connectivity index (χ1) is 16.4. The van der Waals surface area contributed by atoms with Crippen LogP contribution in [-0.4, -0.2) is 47.0 Å². The van der Waals surface area contributed by atoms with Crippen LogP contribution in [0.5, 0.6) is 0 Å². The number of benzene rings is 1. The van der Waals surface area contributed by atoms with Crippen molar-refractivity contribution >= 4 is 44.8 Å². The van der Waals surface area contributed by atoms with Crippen LogP contribution < -0.4 is 15.1 Å². The SMILES string of the molecule is Cc1nc(N2CCN(c3ccccn3)CC2)c2c(C)c(C(=O)Nc3ccc(C)c(F)c3)sc2n1. The second kappa shape index (κ2) is 8.98. The Kier molecular flexibility index (Phi) is 5.87. The van der Waals surface area contributed by atoms with E-state index in [4.69, 9.17) is 4.98 Å². The Balaban J connectivity index is 1.42. The molecule has 4 heterocycles. The van der Waals surface area contributed by atoms with Gasteiger partial charge in [0.25, 0.3) is 5.91 Å². The minimum Gasteiger partial charge on any atom is -0.353 e. The van der Waals surface area contributed by atoms with E-state index in [0.29, 0.717) is 22.0 Å². The number of halogens is 1. The van der Waals surface area contributed by atoms with Crippen molar-refractivity contribution in [1.82, 2.24) is 15.0 Å². The molecule has 1 N–H and O–H groups in total. The zero-order valence-electron chi connectivity index (χ0n) is 19.3. The highest BCUT2D eigenvalue weighted by atomic mass is 32.1. The molecule has 174 valence electrons. The second-order valence-electron chi connectivity index (χ2n) is 8.41. The second-order valence-corrected chi connectivity index (χ2v) is 9.41. The molecule has 0 bridgehead atoms. The van der Waals surface area contributed by atoms with Crippen molar-refractivity contribution in [3.8, 4) is 0 Å². The number of hydrogen-bond donors (Lipinski definition) is 1. The van der Waals surface area contributed by atoms with Gasteiger partial charge in [0.15, 0.2) is 0 Å².